The maximum Gasteiger partial charge on any atom is 0.100 e. The van der Waals surface area contributed by atoms with Crippen molar-refractivity contribution in [2.24, 2.45) is 7.05 Å². The monoisotopic (exact) mass is 368 g/mol. The smallest absolute Gasteiger partial charge is 0.100 e. The van der Waals surface area contributed by atoms with Crippen LogP contribution in [-0.2, 0) is 31.5 Å². The van der Waals surface area contributed by atoms with E-state index in [1.54, 1.807) is 0 Å². The summed E-state index contributed by atoms with van der Waals surface area (Å²) in [5.74, 6) is 0.295. The molecule has 3 heterocycles. The molecule has 26 heavy (non-hydrogen) atoms. The van der Waals surface area contributed by atoms with Crippen LogP contribution in [-0.4, -0.2) is 33.0 Å². The van der Waals surface area contributed by atoms with Crippen molar-refractivity contribution in [1.82, 2.24) is 19.9 Å². The van der Waals surface area contributed by atoms with Gasteiger partial charge in [0.1, 0.15) is 5.69 Å². The standard InChI is InChI=1S/C20H24N4OS/c1-15-8-9-18(26-15)11-24-10-17(20-19(12-24)21-22-23(20)2)14-25-13-16-6-4-3-5-7-16/h3-9,17H,10-14H2,1-2H3/t17-/m0/s1. The number of benzene rings is 1. The van der Waals surface area contributed by atoms with E-state index in [0.717, 1.165) is 25.3 Å². The lowest BCUT2D eigenvalue weighted by Gasteiger charge is -2.31. The first-order valence-corrected chi connectivity index (χ1v) is 9.78. The molecule has 3 aromatic rings. The van der Waals surface area contributed by atoms with E-state index in [1.165, 1.54) is 21.0 Å². The molecule has 6 heteroatoms. The third-order valence-electron chi connectivity index (χ3n) is 4.79. The van der Waals surface area contributed by atoms with Crippen LogP contribution in [0.3, 0.4) is 0 Å². The topological polar surface area (TPSA) is 43.2 Å². The molecule has 0 radical (unpaired) electrons. The summed E-state index contributed by atoms with van der Waals surface area (Å²) >= 11 is 1.87. The minimum absolute atomic E-state index is 0.295. The van der Waals surface area contributed by atoms with E-state index < -0.39 is 0 Å². The number of fused-ring (bicyclic) bond motifs is 1. The van der Waals surface area contributed by atoms with Crippen molar-refractivity contribution in [2.75, 3.05) is 13.2 Å². The molecule has 1 aliphatic rings. The van der Waals surface area contributed by atoms with E-state index >= 15 is 0 Å². The first-order valence-electron chi connectivity index (χ1n) is 8.97. The second-order valence-corrected chi connectivity index (χ2v) is 8.30. The van der Waals surface area contributed by atoms with Gasteiger partial charge in [-0.15, -0.1) is 16.4 Å². The molecule has 0 aliphatic carbocycles. The number of thiophene rings is 1. The van der Waals surface area contributed by atoms with E-state index in [2.05, 4.69) is 46.4 Å². The molecular formula is C20H24N4OS. The summed E-state index contributed by atoms with van der Waals surface area (Å²) in [4.78, 5) is 5.22. The van der Waals surface area contributed by atoms with Crippen LogP contribution in [0.1, 0.15) is 32.6 Å². The summed E-state index contributed by atoms with van der Waals surface area (Å²) in [5.41, 5.74) is 3.51. The molecule has 0 fully saturated rings. The molecule has 0 N–H and O–H groups in total. The van der Waals surface area contributed by atoms with E-state index in [9.17, 15) is 0 Å². The molecule has 0 saturated carbocycles. The predicted octanol–water partition coefficient (Wildman–Crippen LogP) is 3.50. The predicted molar refractivity (Wildman–Crippen MR) is 103 cm³/mol. The number of ether oxygens (including phenoxy) is 1. The highest BCUT2D eigenvalue weighted by Gasteiger charge is 2.30. The lowest BCUT2D eigenvalue weighted by Crippen LogP contribution is -2.35. The maximum absolute atomic E-state index is 6.05. The van der Waals surface area contributed by atoms with Crippen LogP contribution in [0, 0.1) is 6.92 Å². The maximum atomic E-state index is 6.05. The Bertz CT molecular complexity index is 858. The van der Waals surface area contributed by atoms with Crippen LogP contribution in [0.2, 0.25) is 0 Å². The summed E-state index contributed by atoms with van der Waals surface area (Å²) in [6.45, 7) is 6.27. The van der Waals surface area contributed by atoms with Crippen molar-refractivity contribution in [2.45, 2.75) is 32.5 Å². The molecule has 0 saturated heterocycles. The number of hydrogen-bond acceptors (Lipinski definition) is 5. The van der Waals surface area contributed by atoms with E-state index in [0.29, 0.717) is 19.1 Å². The average molecular weight is 369 g/mol. The van der Waals surface area contributed by atoms with Gasteiger partial charge in [-0.1, -0.05) is 35.5 Å². The van der Waals surface area contributed by atoms with Crippen molar-refractivity contribution >= 4 is 11.3 Å². The Hall–Kier alpha value is -2.02. The fraction of sp³-hybridized carbons (Fsp3) is 0.400. The van der Waals surface area contributed by atoms with Gasteiger partial charge in [-0.25, -0.2) is 0 Å². The van der Waals surface area contributed by atoms with Crippen molar-refractivity contribution < 1.29 is 4.74 Å². The lowest BCUT2D eigenvalue weighted by atomic mass is 9.99. The number of aromatic nitrogens is 3. The fourth-order valence-corrected chi connectivity index (χ4v) is 4.56. The number of aryl methyl sites for hydroxylation is 2. The highest BCUT2D eigenvalue weighted by Crippen LogP contribution is 2.29. The summed E-state index contributed by atoms with van der Waals surface area (Å²) < 4.78 is 7.97. The minimum Gasteiger partial charge on any atom is -0.376 e. The van der Waals surface area contributed by atoms with Crippen LogP contribution in [0.25, 0.3) is 0 Å². The van der Waals surface area contributed by atoms with Gasteiger partial charge in [0.25, 0.3) is 0 Å². The second kappa shape index (κ2) is 7.70. The van der Waals surface area contributed by atoms with Crippen LogP contribution in [0.15, 0.2) is 42.5 Å². The molecule has 1 atom stereocenters. The van der Waals surface area contributed by atoms with E-state index in [1.807, 2.05) is 41.3 Å². The molecule has 0 spiro atoms. The first kappa shape index (κ1) is 17.4. The van der Waals surface area contributed by atoms with Gasteiger partial charge in [-0.3, -0.25) is 9.58 Å². The lowest BCUT2D eigenvalue weighted by molar-refractivity contribution is 0.0832. The van der Waals surface area contributed by atoms with Crippen LogP contribution in [0.4, 0.5) is 0 Å². The third kappa shape index (κ3) is 3.87. The van der Waals surface area contributed by atoms with Gasteiger partial charge in [0.15, 0.2) is 0 Å². The summed E-state index contributed by atoms with van der Waals surface area (Å²) in [7, 11) is 1.98. The normalized spacial score (nSPS) is 17.4. The number of hydrogen-bond donors (Lipinski definition) is 0. The zero-order valence-corrected chi connectivity index (χ0v) is 16.1. The van der Waals surface area contributed by atoms with Crippen LogP contribution >= 0.6 is 11.3 Å². The summed E-state index contributed by atoms with van der Waals surface area (Å²) in [6.07, 6.45) is 0. The Kier molecular flexibility index (Phi) is 5.15. The second-order valence-electron chi connectivity index (χ2n) is 6.92. The Morgan fingerprint density at radius 1 is 1.19 bits per heavy atom. The molecule has 136 valence electrons. The Morgan fingerprint density at radius 3 is 2.81 bits per heavy atom. The molecule has 1 aliphatic heterocycles. The van der Waals surface area contributed by atoms with Crippen LogP contribution < -0.4 is 0 Å². The van der Waals surface area contributed by atoms with Crippen LogP contribution in [0.5, 0.6) is 0 Å². The van der Waals surface area contributed by atoms with Crippen molar-refractivity contribution in [3.05, 3.63) is 69.2 Å². The Labute approximate surface area is 158 Å². The fourth-order valence-electron chi connectivity index (χ4n) is 3.63. The summed E-state index contributed by atoms with van der Waals surface area (Å²) in [6, 6.07) is 14.8. The van der Waals surface area contributed by atoms with Gasteiger partial charge >= 0.3 is 0 Å². The quantitative estimate of drug-likeness (QED) is 0.668. The largest absolute Gasteiger partial charge is 0.376 e. The van der Waals surface area contributed by atoms with Crippen molar-refractivity contribution in [1.29, 1.82) is 0 Å². The van der Waals surface area contributed by atoms with E-state index in [-0.39, 0.29) is 0 Å². The van der Waals surface area contributed by atoms with E-state index in [4.69, 9.17) is 4.74 Å². The average Bonchev–Trinajstić information content (AvgIpc) is 3.22. The van der Waals surface area contributed by atoms with Crippen molar-refractivity contribution in [3.8, 4) is 0 Å². The SMILES string of the molecule is Cc1ccc(CN2Cc3nnn(C)c3[C@H](COCc3ccccc3)C2)s1. The zero-order valence-electron chi connectivity index (χ0n) is 15.3. The van der Waals surface area contributed by atoms with Crippen molar-refractivity contribution in [3.63, 3.8) is 0 Å². The molecule has 1 aromatic carbocycles. The van der Waals surface area contributed by atoms with Gasteiger partial charge in [-0.2, -0.15) is 0 Å². The van der Waals surface area contributed by atoms with Gasteiger partial charge in [0.05, 0.1) is 18.9 Å². The molecule has 0 amide bonds. The van der Waals surface area contributed by atoms with Gasteiger partial charge < -0.3 is 4.74 Å². The molecule has 0 unspecified atom stereocenters. The molecular weight excluding hydrogens is 344 g/mol. The molecule has 0 bridgehead atoms. The molecule has 4 rings (SSSR count). The zero-order chi connectivity index (χ0) is 17.9. The van der Waals surface area contributed by atoms with Gasteiger partial charge in [0.2, 0.25) is 0 Å². The Balaban J connectivity index is 1.44. The number of nitrogens with zero attached hydrogens (tertiary/aromatic N) is 4. The van der Waals surface area contributed by atoms with Gasteiger partial charge in [-0.05, 0) is 24.6 Å². The highest BCUT2D eigenvalue weighted by atomic mass is 32.1. The third-order valence-corrected chi connectivity index (χ3v) is 5.77. The number of rotatable bonds is 6. The first-order chi connectivity index (χ1) is 12.7. The summed E-state index contributed by atoms with van der Waals surface area (Å²) in [5, 5.41) is 8.64. The van der Waals surface area contributed by atoms with Gasteiger partial charge in [0, 0.05) is 42.4 Å². The molecule has 5 nitrogen and oxygen atoms in total. The molecule has 2 aromatic heterocycles. The Morgan fingerprint density at radius 2 is 2.04 bits per heavy atom. The minimum atomic E-state index is 0.295. The highest BCUT2D eigenvalue weighted by molar-refractivity contribution is 7.11.